The molecule has 0 bridgehead atoms. The first-order chi connectivity index (χ1) is 17.4. The number of ether oxygens (including phenoxy) is 1. The van der Waals surface area contributed by atoms with Crippen molar-refractivity contribution in [3.8, 4) is 5.75 Å². The van der Waals surface area contributed by atoms with E-state index >= 15 is 0 Å². The lowest BCUT2D eigenvalue weighted by Crippen LogP contribution is -2.32. The van der Waals surface area contributed by atoms with Crippen LogP contribution in [-0.4, -0.2) is 51.5 Å². The first-order valence-electron chi connectivity index (χ1n) is 12.2. The number of methoxy groups -OCH3 is 1. The van der Waals surface area contributed by atoms with Gasteiger partial charge in [0, 0.05) is 31.9 Å². The van der Waals surface area contributed by atoms with E-state index < -0.39 is 0 Å². The maximum atomic E-state index is 13.6. The molecule has 0 spiro atoms. The number of rotatable bonds is 11. The lowest BCUT2D eigenvalue weighted by atomic mass is 10.0. The molecule has 36 heavy (non-hydrogen) atoms. The molecule has 0 saturated carbocycles. The van der Waals surface area contributed by atoms with Gasteiger partial charge in [0.1, 0.15) is 11.6 Å². The Morgan fingerprint density at radius 1 is 1.28 bits per heavy atom. The standard InChI is InChI=1S/C27H32ClN5O3/c1-4-33-16-17-8-7-10-20(24(17)27(33)35)26(34)31-21(11-6-5-9-18(29)15-28)25-30-22-14-19(36-3)12-13-23(22)32(25)2/h7-8,10,12-14,21,29H,4-6,9,11,15-16H2,1-3H3,(H,31,34)/t21-/m0/s1. The molecule has 9 heteroatoms. The number of nitrogens with zero attached hydrogens (tertiary/aromatic N) is 3. The number of imidazole rings is 1. The topological polar surface area (TPSA) is 100 Å². The fourth-order valence-corrected chi connectivity index (χ4v) is 4.89. The molecule has 190 valence electrons. The first kappa shape index (κ1) is 25.7. The number of alkyl halides is 1. The first-order valence-corrected chi connectivity index (χ1v) is 12.8. The Kier molecular flexibility index (Phi) is 7.94. The van der Waals surface area contributed by atoms with E-state index in [9.17, 15) is 9.59 Å². The minimum atomic E-state index is -0.374. The number of nitrogens with one attached hydrogen (secondary N) is 2. The zero-order chi connectivity index (χ0) is 25.8. The van der Waals surface area contributed by atoms with Crippen LogP contribution in [0.4, 0.5) is 0 Å². The van der Waals surface area contributed by atoms with E-state index in [1.165, 1.54) is 0 Å². The van der Waals surface area contributed by atoms with Crippen LogP contribution in [0.2, 0.25) is 0 Å². The normalized spacial score (nSPS) is 13.7. The van der Waals surface area contributed by atoms with Gasteiger partial charge in [-0.15, -0.1) is 11.6 Å². The van der Waals surface area contributed by atoms with Crippen molar-refractivity contribution in [3.05, 3.63) is 58.9 Å². The Morgan fingerprint density at radius 2 is 2.08 bits per heavy atom. The third-order valence-corrected chi connectivity index (χ3v) is 7.08. The molecule has 0 fully saturated rings. The van der Waals surface area contributed by atoms with Crippen LogP contribution in [0.3, 0.4) is 0 Å². The Morgan fingerprint density at radius 3 is 2.81 bits per heavy atom. The van der Waals surface area contributed by atoms with Crippen LogP contribution in [0.5, 0.6) is 5.75 Å². The van der Waals surface area contributed by atoms with Crippen molar-refractivity contribution in [1.29, 1.82) is 5.41 Å². The molecule has 0 radical (unpaired) electrons. The second-order valence-corrected chi connectivity index (χ2v) is 9.32. The van der Waals surface area contributed by atoms with Crippen LogP contribution in [0.25, 0.3) is 11.0 Å². The highest BCUT2D eigenvalue weighted by atomic mass is 35.5. The number of hydrogen-bond acceptors (Lipinski definition) is 5. The number of carbonyl (C=O) groups is 2. The van der Waals surface area contributed by atoms with Crippen LogP contribution < -0.4 is 10.1 Å². The van der Waals surface area contributed by atoms with Crippen LogP contribution in [0.1, 0.15) is 70.8 Å². The fraction of sp³-hybridized carbons (Fsp3) is 0.407. The van der Waals surface area contributed by atoms with E-state index in [-0.39, 0.29) is 23.7 Å². The lowest BCUT2D eigenvalue weighted by molar-refractivity contribution is 0.0780. The van der Waals surface area contributed by atoms with Gasteiger partial charge in [-0.2, -0.15) is 0 Å². The fourth-order valence-electron chi connectivity index (χ4n) is 4.76. The molecule has 2 N–H and O–H groups in total. The monoisotopic (exact) mass is 509 g/mol. The number of hydrogen-bond donors (Lipinski definition) is 2. The van der Waals surface area contributed by atoms with Gasteiger partial charge in [-0.05, 0) is 49.9 Å². The minimum absolute atomic E-state index is 0.107. The zero-order valence-corrected chi connectivity index (χ0v) is 21.7. The molecule has 3 aromatic rings. The molecule has 0 unspecified atom stereocenters. The third-order valence-electron chi connectivity index (χ3n) is 6.76. The summed E-state index contributed by atoms with van der Waals surface area (Å²) >= 11 is 5.76. The average Bonchev–Trinajstić information content (AvgIpc) is 3.41. The molecular formula is C27H32ClN5O3. The number of amides is 2. The third kappa shape index (κ3) is 5.09. The Bertz CT molecular complexity index is 1300. The lowest BCUT2D eigenvalue weighted by Gasteiger charge is -2.20. The Balaban J connectivity index is 1.63. The second-order valence-electron chi connectivity index (χ2n) is 9.05. The molecule has 4 rings (SSSR count). The molecule has 2 amide bonds. The van der Waals surface area contributed by atoms with Gasteiger partial charge in [0.25, 0.3) is 11.8 Å². The summed E-state index contributed by atoms with van der Waals surface area (Å²) in [6.07, 6.45) is 2.84. The smallest absolute Gasteiger partial charge is 0.255 e. The molecule has 1 aromatic heterocycles. The highest BCUT2D eigenvalue weighted by molar-refractivity contribution is 6.28. The summed E-state index contributed by atoms with van der Waals surface area (Å²) in [6, 6.07) is 10.8. The predicted molar refractivity (Wildman–Crippen MR) is 141 cm³/mol. The number of aryl methyl sites for hydroxylation is 1. The van der Waals surface area contributed by atoms with E-state index in [2.05, 4.69) is 5.32 Å². The molecule has 2 aromatic carbocycles. The van der Waals surface area contributed by atoms with Crippen LogP contribution >= 0.6 is 11.6 Å². The summed E-state index contributed by atoms with van der Waals surface area (Å²) < 4.78 is 7.34. The molecule has 0 saturated heterocycles. The molecule has 1 atom stereocenters. The highest BCUT2D eigenvalue weighted by Crippen LogP contribution is 2.29. The second kappa shape index (κ2) is 11.1. The summed E-state index contributed by atoms with van der Waals surface area (Å²) in [6.45, 7) is 3.05. The number of aromatic nitrogens is 2. The molecular weight excluding hydrogens is 478 g/mol. The van der Waals surface area contributed by atoms with E-state index in [0.717, 1.165) is 35.3 Å². The van der Waals surface area contributed by atoms with Gasteiger partial charge in [0.2, 0.25) is 0 Å². The van der Waals surface area contributed by atoms with Crippen molar-refractivity contribution in [2.24, 2.45) is 7.05 Å². The average molecular weight is 510 g/mol. The largest absolute Gasteiger partial charge is 0.497 e. The van der Waals surface area contributed by atoms with Gasteiger partial charge in [-0.1, -0.05) is 18.6 Å². The summed E-state index contributed by atoms with van der Waals surface area (Å²) in [5.41, 5.74) is 3.97. The van der Waals surface area contributed by atoms with E-state index in [1.807, 2.05) is 48.9 Å². The summed E-state index contributed by atoms with van der Waals surface area (Å²) in [4.78, 5) is 33.1. The quantitative estimate of drug-likeness (QED) is 0.219. The van der Waals surface area contributed by atoms with Gasteiger partial charge < -0.3 is 24.9 Å². The number of carbonyl (C=O) groups excluding carboxylic acids is 2. The molecule has 8 nitrogen and oxygen atoms in total. The number of fused-ring (bicyclic) bond motifs is 2. The molecule has 2 heterocycles. The highest BCUT2D eigenvalue weighted by Gasteiger charge is 2.32. The van der Waals surface area contributed by atoms with Gasteiger partial charge >= 0.3 is 0 Å². The maximum Gasteiger partial charge on any atom is 0.255 e. The van der Waals surface area contributed by atoms with Gasteiger partial charge in [-0.25, -0.2) is 4.98 Å². The van der Waals surface area contributed by atoms with Crippen molar-refractivity contribution in [3.63, 3.8) is 0 Å². The van der Waals surface area contributed by atoms with Crippen LogP contribution in [0.15, 0.2) is 36.4 Å². The Labute approximate surface area is 216 Å². The van der Waals surface area contributed by atoms with E-state index in [1.54, 1.807) is 18.1 Å². The maximum absolute atomic E-state index is 13.6. The van der Waals surface area contributed by atoms with Crippen LogP contribution in [-0.2, 0) is 13.6 Å². The molecule has 1 aliphatic rings. The predicted octanol–water partition coefficient (Wildman–Crippen LogP) is 4.85. The molecule has 1 aliphatic heterocycles. The van der Waals surface area contributed by atoms with Gasteiger partial charge in [0.05, 0.1) is 41.2 Å². The van der Waals surface area contributed by atoms with E-state index in [0.29, 0.717) is 48.5 Å². The SMILES string of the molecule is CCN1Cc2cccc(C(=O)N[C@@H](CCCCC(=N)CCl)c3nc4cc(OC)ccc4n3C)c2C1=O. The van der Waals surface area contributed by atoms with Gasteiger partial charge in [-0.3, -0.25) is 9.59 Å². The van der Waals surface area contributed by atoms with Gasteiger partial charge in [0.15, 0.2) is 0 Å². The number of benzene rings is 2. The summed E-state index contributed by atoms with van der Waals surface area (Å²) in [5, 5.41) is 11.0. The van der Waals surface area contributed by atoms with Crippen molar-refractivity contribution in [2.75, 3.05) is 19.5 Å². The van der Waals surface area contributed by atoms with Crippen molar-refractivity contribution < 1.29 is 14.3 Å². The molecule has 0 aliphatic carbocycles. The summed E-state index contributed by atoms with van der Waals surface area (Å²) in [7, 11) is 3.55. The van der Waals surface area contributed by atoms with Crippen LogP contribution in [0, 0.1) is 5.41 Å². The number of halogens is 1. The van der Waals surface area contributed by atoms with Crippen molar-refractivity contribution in [2.45, 2.75) is 45.2 Å². The number of unbranched alkanes of at least 4 members (excludes halogenated alkanes) is 1. The minimum Gasteiger partial charge on any atom is -0.497 e. The Hall–Kier alpha value is -3.39. The zero-order valence-electron chi connectivity index (χ0n) is 20.9. The van der Waals surface area contributed by atoms with Crippen molar-refractivity contribution in [1.82, 2.24) is 19.8 Å². The van der Waals surface area contributed by atoms with E-state index in [4.69, 9.17) is 26.7 Å². The van der Waals surface area contributed by atoms with Crippen molar-refractivity contribution >= 4 is 40.2 Å². The summed E-state index contributed by atoms with van der Waals surface area (Å²) in [5.74, 6) is 1.28.